The summed E-state index contributed by atoms with van der Waals surface area (Å²) in [5, 5.41) is 5.69. The van der Waals surface area contributed by atoms with Crippen molar-refractivity contribution in [2.75, 3.05) is 12.4 Å². The van der Waals surface area contributed by atoms with Crippen molar-refractivity contribution in [1.82, 2.24) is 4.98 Å². The zero-order chi connectivity index (χ0) is 13.1. The minimum absolute atomic E-state index is 0.840. The minimum atomic E-state index is 0.840. The molecular weight excluding hydrogens is 236 g/mol. The Bertz CT molecular complexity index is 704. The number of pyridine rings is 1. The SMILES string of the molecule is COc1cccc(Nc2cccc3cnccc23)c1. The first-order valence-electron chi connectivity index (χ1n) is 6.10. The van der Waals surface area contributed by atoms with Gasteiger partial charge in [0.05, 0.1) is 7.11 Å². The first-order valence-corrected chi connectivity index (χ1v) is 6.10. The van der Waals surface area contributed by atoms with Crippen LogP contribution in [-0.2, 0) is 0 Å². The van der Waals surface area contributed by atoms with Crippen molar-refractivity contribution >= 4 is 22.1 Å². The molecule has 3 nitrogen and oxygen atoms in total. The van der Waals surface area contributed by atoms with Crippen molar-refractivity contribution < 1.29 is 4.74 Å². The van der Waals surface area contributed by atoms with Gasteiger partial charge in [0.2, 0.25) is 0 Å². The van der Waals surface area contributed by atoms with Crippen LogP contribution in [0.5, 0.6) is 5.75 Å². The molecule has 0 aliphatic heterocycles. The highest BCUT2D eigenvalue weighted by Crippen LogP contribution is 2.27. The van der Waals surface area contributed by atoms with Gasteiger partial charge in [-0.3, -0.25) is 4.98 Å². The molecule has 1 aromatic heterocycles. The number of aromatic nitrogens is 1. The van der Waals surface area contributed by atoms with E-state index < -0.39 is 0 Å². The van der Waals surface area contributed by atoms with Gasteiger partial charge in [-0.15, -0.1) is 0 Å². The molecule has 0 amide bonds. The summed E-state index contributed by atoms with van der Waals surface area (Å²) in [5.41, 5.74) is 2.07. The molecule has 2 aromatic carbocycles. The van der Waals surface area contributed by atoms with Crippen LogP contribution in [-0.4, -0.2) is 12.1 Å². The Morgan fingerprint density at radius 1 is 1.05 bits per heavy atom. The molecular formula is C16H14N2O. The predicted molar refractivity (Wildman–Crippen MR) is 78.0 cm³/mol. The number of benzene rings is 2. The number of ether oxygens (including phenoxy) is 1. The van der Waals surface area contributed by atoms with Gasteiger partial charge in [-0.25, -0.2) is 0 Å². The molecule has 94 valence electrons. The van der Waals surface area contributed by atoms with Gasteiger partial charge < -0.3 is 10.1 Å². The van der Waals surface area contributed by atoms with Gasteiger partial charge in [-0.1, -0.05) is 18.2 Å². The van der Waals surface area contributed by atoms with Crippen molar-refractivity contribution in [3.8, 4) is 5.75 Å². The van der Waals surface area contributed by atoms with Gasteiger partial charge in [0.25, 0.3) is 0 Å². The molecule has 0 atom stereocenters. The van der Waals surface area contributed by atoms with Gasteiger partial charge in [0.15, 0.2) is 0 Å². The van der Waals surface area contributed by atoms with Crippen LogP contribution in [0.1, 0.15) is 0 Å². The standard InChI is InChI=1S/C16H14N2O/c1-19-14-6-3-5-13(10-14)18-16-7-2-4-12-11-17-9-8-15(12)16/h2-11,18H,1H3. The van der Waals surface area contributed by atoms with Gasteiger partial charge >= 0.3 is 0 Å². The highest BCUT2D eigenvalue weighted by Gasteiger charge is 2.01. The first-order chi connectivity index (χ1) is 9.36. The van der Waals surface area contributed by atoms with E-state index in [0.29, 0.717) is 0 Å². The summed E-state index contributed by atoms with van der Waals surface area (Å²) in [5.74, 6) is 0.840. The molecule has 0 saturated carbocycles. The van der Waals surface area contributed by atoms with E-state index in [2.05, 4.69) is 22.4 Å². The Hall–Kier alpha value is -2.55. The van der Waals surface area contributed by atoms with Crippen molar-refractivity contribution in [1.29, 1.82) is 0 Å². The molecule has 1 N–H and O–H groups in total. The number of fused-ring (bicyclic) bond motifs is 1. The maximum atomic E-state index is 5.23. The van der Waals surface area contributed by atoms with E-state index in [9.17, 15) is 0 Å². The van der Waals surface area contributed by atoms with E-state index in [1.54, 1.807) is 13.3 Å². The second kappa shape index (κ2) is 4.98. The molecule has 0 spiro atoms. The smallest absolute Gasteiger partial charge is 0.120 e. The van der Waals surface area contributed by atoms with Crippen LogP contribution in [0, 0.1) is 0 Å². The average molecular weight is 250 g/mol. The maximum Gasteiger partial charge on any atom is 0.120 e. The van der Waals surface area contributed by atoms with Crippen LogP contribution in [0.3, 0.4) is 0 Å². The van der Waals surface area contributed by atoms with Crippen LogP contribution in [0.25, 0.3) is 10.8 Å². The normalized spacial score (nSPS) is 10.4. The predicted octanol–water partition coefficient (Wildman–Crippen LogP) is 3.99. The molecule has 3 rings (SSSR count). The summed E-state index contributed by atoms with van der Waals surface area (Å²) in [4.78, 5) is 4.14. The summed E-state index contributed by atoms with van der Waals surface area (Å²) in [6, 6.07) is 16.0. The minimum Gasteiger partial charge on any atom is -0.497 e. The Morgan fingerprint density at radius 3 is 2.84 bits per heavy atom. The lowest BCUT2D eigenvalue weighted by molar-refractivity contribution is 0.415. The summed E-state index contributed by atoms with van der Waals surface area (Å²) in [6.45, 7) is 0. The molecule has 0 unspecified atom stereocenters. The Labute approximate surface area is 111 Å². The monoisotopic (exact) mass is 250 g/mol. The van der Waals surface area contributed by atoms with Gasteiger partial charge in [-0.2, -0.15) is 0 Å². The van der Waals surface area contributed by atoms with Gasteiger partial charge in [0, 0.05) is 40.6 Å². The topological polar surface area (TPSA) is 34.1 Å². The number of rotatable bonds is 3. The molecule has 19 heavy (non-hydrogen) atoms. The number of nitrogens with one attached hydrogen (secondary N) is 1. The second-order valence-electron chi connectivity index (χ2n) is 4.26. The Morgan fingerprint density at radius 2 is 1.95 bits per heavy atom. The quantitative estimate of drug-likeness (QED) is 0.763. The third-order valence-corrected chi connectivity index (χ3v) is 3.03. The third-order valence-electron chi connectivity index (χ3n) is 3.03. The van der Waals surface area contributed by atoms with Crippen LogP contribution >= 0.6 is 0 Å². The highest BCUT2D eigenvalue weighted by molar-refractivity contribution is 5.94. The number of hydrogen-bond acceptors (Lipinski definition) is 3. The Balaban J connectivity index is 2.01. The lowest BCUT2D eigenvalue weighted by atomic mass is 10.1. The molecule has 1 heterocycles. The van der Waals surface area contributed by atoms with Crippen molar-refractivity contribution in [3.05, 3.63) is 60.9 Å². The lowest BCUT2D eigenvalue weighted by Crippen LogP contribution is -1.92. The number of methoxy groups -OCH3 is 1. The molecule has 0 radical (unpaired) electrons. The van der Waals surface area contributed by atoms with E-state index in [1.807, 2.05) is 42.6 Å². The first kappa shape index (κ1) is 11.5. The van der Waals surface area contributed by atoms with Crippen LogP contribution in [0.2, 0.25) is 0 Å². The highest BCUT2D eigenvalue weighted by atomic mass is 16.5. The largest absolute Gasteiger partial charge is 0.497 e. The molecule has 0 saturated heterocycles. The van der Waals surface area contributed by atoms with Crippen LogP contribution in [0.15, 0.2) is 60.9 Å². The fraction of sp³-hybridized carbons (Fsp3) is 0.0625. The van der Waals surface area contributed by atoms with Gasteiger partial charge in [0.1, 0.15) is 5.75 Å². The van der Waals surface area contributed by atoms with E-state index in [4.69, 9.17) is 4.74 Å². The number of nitrogens with zero attached hydrogens (tertiary/aromatic N) is 1. The number of anilines is 2. The fourth-order valence-electron chi connectivity index (χ4n) is 2.09. The zero-order valence-corrected chi connectivity index (χ0v) is 10.6. The van der Waals surface area contributed by atoms with Crippen molar-refractivity contribution in [2.45, 2.75) is 0 Å². The molecule has 0 fully saturated rings. The summed E-state index contributed by atoms with van der Waals surface area (Å²) < 4.78 is 5.23. The molecule has 3 heteroatoms. The molecule has 3 aromatic rings. The lowest BCUT2D eigenvalue weighted by Gasteiger charge is -2.10. The van der Waals surface area contributed by atoms with E-state index in [1.165, 1.54) is 0 Å². The third kappa shape index (κ3) is 2.36. The summed E-state index contributed by atoms with van der Waals surface area (Å²) >= 11 is 0. The second-order valence-corrected chi connectivity index (χ2v) is 4.26. The molecule has 0 bridgehead atoms. The maximum absolute atomic E-state index is 5.23. The Kier molecular flexibility index (Phi) is 3.02. The average Bonchev–Trinajstić information content (AvgIpc) is 2.48. The summed E-state index contributed by atoms with van der Waals surface area (Å²) in [6.07, 6.45) is 3.67. The van der Waals surface area contributed by atoms with Crippen molar-refractivity contribution in [2.24, 2.45) is 0 Å². The van der Waals surface area contributed by atoms with E-state index >= 15 is 0 Å². The van der Waals surface area contributed by atoms with E-state index in [-0.39, 0.29) is 0 Å². The van der Waals surface area contributed by atoms with Gasteiger partial charge in [-0.05, 0) is 24.3 Å². The summed E-state index contributed by atoms with van der Waals surface area (Å²) in [7, 11) is 1.67. The van der Waals surface area contributed by atoms with Crippen molar-refractivity contribution in [3.63, 3.8) is 0 Å². The van der Waals surface area contributed by atoms with Crippen LogP contribution < -0.4 is 10.1 Å². The zero-order valence-electron chi connectivity index (χ0n) is 10.6. The molecule has 0 aliphatic rings. The van der Waals surface area contributed by atoms with E-state index in [0.717, 1.165) is 27.9 Å². The fourth-order valence-corrected chi connectivity index (χ4v) is 2.09. The van der Waals surface area contributed by atoms with Crippen LogP contribution in [0.4, 0.5) is 11.4 Å². The molecule has 0 aliphatic carbocycles. The number of hydrogen-bond donors (Lipinski definition) is 1.